The maximum absolute atomic E-state index is 11.8. The van der Waals surface area contributed by atoms with Gasteiger partial charge in [-0.1, -0.05) is 6.07 Å². The molecule has 1 unspecified atom stereocenters. The van der Waals surface area contributed by atoms with Gasteiger partial charge in [-0.15, -0.1) is 0 Å². The number of carbonyl (C=O) groups excluding carboxylic acids is 1. The van der Waals surface area contributed by atoms with E-state index in [0.717, 1.165) is 22.4 Å². The van der Waals surface area contributed by atoms with E-state index in [-0.39, 0.29) is 5.91 Å². The minimum Gasteiger partial charge on any atom is -0.496 e. The van der Waals surface area contributed by atoms with Gasteiger partial charge < -0.3 is 10.5 Å². The highest BCUT2D eigenvalue weighted by molar-refractivity contribution is 5.81. The molecule has 1 amide bonds. The molecule has 5 heteroatoms. The fourth-order valence-electron chi connectivity index (χ4n) is 1.83. The number of carbonyl (C=O) groups is 1. The number of benzene rings is 1. The number of hydrazine groups is 1. The lowest BCUT2D eigenvalue weighted by Gasteiger charge is -2.18. The quantitative estimate of drug-likeness (QED) is 0.772. The molecule has 0 spiro atoms. The molecule has 0 bridgehead atoms. The Bertz CT molecular complexity index is 458. The van der Waals surface area contributed by atoms with Crippen LogP contribution in [0, 0.1) is 13.8 Å². The summed E-state index contributed by atoms with van der Waals surface area (Å²) in [5.41, 5.74) is 11.8. The van der Waals surface area contributed by atoms with Crippen LogP contribution in [0.25, 0.3) is 0 Å². The second kappa shape index (κ2) is 6.54. The summed E-state index contributed by atoms with van der Waals surface area (Å²) in [6, 6.07) is 3.40. The van der Waals surface area contributed by atoms with Crippen molar-refractivity contribution in [3.8, 4) is 5.75 Å². The average Bonchev–Trinajstić information content (AvgIpc) is 2.32. The van der Waals surface area contributed by atoms with Crippen molar-refractivity contribution in [3.63, 3.8) is 0 Å². The SMILES string of the molecule is COc1cc(C)c(C)cc1CC(N)C(=O)NN(C)C. The third-order valence-corrected chi connectivity index (χ3v) is 3.01. The molecule has 0 fully saturated rings. The van der Waals surface area contributed by atoms with Crippen LogP contribution in [0.5, 0.6) is 5.75 Å². The molecule has 1 aromatic rings. The van der Waals surface area contributed by atoms with Gasteiger partial charge in [0.2, 0.25) is 0 Å². The van der Waals surface area contributed by atoms with Crippen LogP contribution < -0.4 is 15.9 Å². The van der Waals surface area contributed by atoms with E-state index in [1.54, 1.807) is 26.2 Å². The van der Waals surface area contributed by atoms with E-state index in [9.17, 15) is 4.79 Å². The molecule has 0 radical (unpaired) electrons. The van der Waals surface area contributed by atoms with E-state index in [1.165, 1.54) is 0 Å². The van der Waals surface area contributed by atoms with Gasteiger partial charge in [-0.25, -0.2) is 5.01 Å². The number of amides is 1. The lowest BCUT2D eigenvalue weighted by Crippen LogP contribution is -2.47. The molecule has 0 aliphatic heterocycles. The number of rotatable bonds is 5. The Morgan fingerprint density at radius 2 is 1.95 bits per heavy atom. The Morgan fingerprint density at radius 3 is 2.47 bits per heavy atom. The van der Waals surface area contributed by atoms with E-state index in [1.807, 2.05) is 26.0 Å². The topological polar surface area (TPSA) is 67.6 Å². The van der Waals surface area contributed by atoms with Crippen LogP contribution in [0.1, 0.15) is 16.7 Å². The first-order valence-corrected chi connectivity index (χ1v) is 6.22. The lowest BCUT2D eigenvalue weighted by molar-refractivity contribution is -0.126. The van der Waals surface area contributed by atoms with Crippen molar-refractivity contribution in [1.82, 2.24) is 10.4 Å². The smallest absolute Gasteiger partial charge is 0.251 e. The lowest BCUT2D eigenvalue weighted by atomic mass is 9.99. The Balaban J connectivity index is 2.87. The molecule has 1 rings (SSSR count). The van der Waals surface area contributed by atoms with Crippen molar-refractivity contribution in [2.24, 2.45) is 5.73 Å². The summed E-state index contributed by atoms with van der Waals surface area (Å²) in [7, 11) is 5.13. The number of nitrogens with two attached hydrogens (primary N) is 1. The van der Waals surface area contributed by atoms with Gasteiger partial charge in [0.1, 0.15) is 5.75 Å². The second-order valence-electron chi connectivity index (χ2n) is 4.93. The minimum atomic E-state index is -0.599. The maximum atomic E-state index is 11.8. The Kier molecular flexibility index (Phi) is 5.32. The van der Waals surface area contributed by atoms with Crippen LogP contribution in [0.4, 0.5) is 0 Å². The highest BCUT2D eigenvalue weighted by Gasteiger charge is 2.17. The molecule has 0 aromatic heterocycles. The van der Waals surface area contributed by atoms with E-state index in [4.69, 9.17) is 10.5 Å². The molecule has 5 nitrogen and oxygen atoms in total. The van der Waals surface area contributed by atoms with E-state index >= 15 is 0 Å². The minimum absolute atomic E-state index is 0.203. The summed E-state index contributed by atoms with van der Waals surface area (Å²) >= 11 is 0. The van der Waals surface area contributed by atoms with E-state index in [0.29, 0.717) is 6.42 Å². The number of ether oxygens (including phenoxy) is 1. The molecule has 1 atom stereocenters. The summed E-state index contributed by atoms with van der Waals surface area (Å²) in [5.74, 6) is 0.571. The van der Waals surface area contributed by atoms with Crippen LogP contribution in [-0.4, -0.2) is 38.2 Å². The first-order chi connectivity index (χ1) is 8.85. The van der Waals surface area contributed by atoms with Gasteiger partial charge in [-0.2, -0.15) is 0 Å². The Morgan fingerprint density at radius 1 is 1.37 bits per heavy atom. The molecule has 106 valence electrons. The molecule has 0 heterocycles. The normalized spacial score (nSPS) is 12.4. The zero-order chi connectivity index (χ0) is 14.6. The van der Waals surface area contributed by atoms with Crippen molar-refractivity contribution in [1.29, 1.82) is 0 Å². The van der Waals surface area contributed by atoms with Gasteiger partial charge in [0, 0.05) is 20.5 Å². The summed E-state index contributed by atoms with van der Waals surface area (Å²) in [6.45, 7) is 4.06. The van der Waals surface area contributed by atoms with Crippen molar-refractivity contribution in [2.75, 3.05) is 21.2 Å². The second-order valence-corrected chi connectivity index (χ2v) is 4.93. The molecular weight excluding hydrogens is 242 g/mol. The monoisotopic (exact) mass is 265 g/mol. The summed E-state index contributed by atoms with van der Waals surface area (Å²) in [6.07, 6.45) is 0.448. The number of nitrogens with one attached hydrogen (secondary N) is 1. The van der Waals surface area contributed by atoms with Crippen molar-refractivity contribution >= 4 is 5.91 Å². The maximum Gasteiger partial charge on any atom is 0.251 e. The van der Waals surface area contributed by atoms with E-state index in [2.05, 4.69) is 5.43 Å². The van der Waals surface area contributed by atoms with Gasteiger partial charge in [-0.05, 0) is 36.6 Å². The highest BCUT2D eigenvalue weighted by atomic mass is 16.5. The van der Waals surface area contributed by atoms with Crippen molar-refractivity contribution in [3.05, 3.63) is 28.8 Å². The van der Waals surface area contributed by atoms with Crippen molar-refractivity contribution in [2.45, 2.75) is 26.3 Å². The van der Waals surface area contributed by atoms with Gasteiger partial charge in [0.25, 0.3) is 5.91 Å². The molecule has 0 saturated carbocycles. The zero-order valence-corrected chi connectivity index (χ0v) is 12.3. The summed E-state index contributed by atoms with van der Waals surface area (Å²) in [5, 5.41) is 1.58. The van der Waals surface area contributed by atoms with Crippen LogP contribution in [0.2, 0.25) is 0 Å². The molecule has 0 aliphatic carbocycles. The number of methoxy groups -OCH3 is 1. The fourth-order valence-corrected chi connectivity index (χ4v) is 1.83. The zero-order valence-electron chi connectivity index (χ0n) is 12.3. The molecular formula is C14H23N3O2. The van der Waals surface area contributed by atoms with Gasteiger partial charge >= 0.3 is 0 Å². The van der Waals surface area contributed by atoms with Crippen LogP contribution >= 0.6 is 0 Å². The van der Waals surface area contributed by atoms with E-state index < -0.39 is 6.04 Å². The van der Waals surface area contributed by atoms with Crippen LogP contribution in [0.3, 0.4) is 0 Å². The number of aryl methyl sites for hydroxylation is 2. The Hall–Kier alpha value is -1.59. The average molecular weight is 265 g/mol. The molecule has 3 N–H and O–H groups in total. The number of hydrogen-bond acceptors (Lipinski definition) is 4. The largest absolute Gasteiger partial charge is 0.496 e. The third kappa shape index (κ3) is 4.22. The predicted molar refractivity (Wildman–Crippen MR) is 76.0 cm³/mol. The molecule has 0 saturated heterocycles. The van der Waals surface area contributed by atoms with Crippen LogP contribution in [0.15, 0.2) is 12.1 Å². The molecule has 1 aromatic carbocycles. The predicted octanol–water partition coefficient (Wildman–Crippen LogP) is 0.775. The summed E-state index contributed by atoms with van der Waals surface area (Å²) in [4.78, 5) is 11.8. The Labute approximate surface area is 114 Å². The van der Waals surface area contributed by atoms with Crippen LogP contribution in [-0.2, 0) is 11.2 Å². The third-order valence-electron chi connectivity index (χ3n) is 3.01. The molecule has 0 aliphatic rings. The number of nitrogens with zero attached hydrogens (tertiary/aromatic N) is 1. The standard InChI is InChI=1S/C14H23N3O2/c1-9-6-11(13(19-5)7-10(9)2)8-12(15)14(18)16-17(3)4/h6-7,12H,8,15H2,1-5H3,(H,16,18). The summed E-state index contributed by atoms with van der Waals surface area (Å²) < 4.78 is 5.35. The molecule has 19 heavy (non-hydrogen) atoms. The van der Waals surface area contributed by atoms with Gasteiger partial charge in [0.15, 0.2) is 0 Å². The fraction of sp³-hybridized carbons (Fsp3) is 0.500. The first-order valence-electron chi connectivity index (χ1n) is 6.22. The van der Waals surface area contributed by atoms with Gasteiger partial charge in [0.05, 0.1) is 13.2 Å². The highest BCUT2D eigenvalue weighted by Crippen LogP contribution is 2.24. The van der Waals surface area contributed by atoms with Gasteiger partial charge in [-0.3, -0.25) is 10.2 Å². The van der Waals surface area contributed by atoms with Crippen molar-refractivity contribution < 1.29 is 9.53 Å². The number of hydrogen-bond donors (Lipinski definition) is 2. The first kappa shape index (κ1) is 15.5.